The number of pyridine rings is 1. The van der Waals surface area contributed by atoms with E-state index in [1.807, 2.05) is 0 Å². The number of ether oxygens (including phenoxy) is 1. The Balaban J connectivity index is 2.13. The second-order valence-corrected chi connectivity index (χ2v) is 13.0. The van der Waals surface area contributed by atoms with Crippen molar-refractivity contribution in [1.29, 1.82) is 0 Å². The van der Waals surface area contributed by atoms with Crippen molar-refractivity contribution >= 4 is 31.5 Å². The molecule has 0 N–H and O–H groups in total. The quantitative estimate of drug-likeness (QED) is 0.377. The molecule has 0 bridgehead atoms. The molecule has 0 saturated carbocycles. The molecule has 0 aliphatic carbocycles. The van der Waals surface area contributed by atoms with Crippen LogP contribution in [-0.4, -0.2) is 25.5 Å². The van der Waals surface area contributed by atoms with Gasteiger partial charge in [0.25, 0.3) is 0 Å². The van der Waals surface area contributed by atoms with Crippen LogP contribution in [0.3, 0.4) is 0 Å². The molecule has 26 heavy (non-hydrogen) atoms. The molecule has 1 aromatic rings. The van der Waals surface area contributed by atoms with Gasteiger partial charge in [-0.3, -0.25) is 4.98 Å². The molecule has 1 saturated heterocycles. The van der Waals surface area contributed by atoms with Gasteiger partial charge in [-0.15, -0.1) is 0 Å². The van der Waals surface area contributed by atoms with Gasteiger partial charge in [0.05, 0.1) is 28.4 Å². The first-order valence-corrected chi connectivity index (χ1v) is 13.3. The highest BCUT2D eigenvalue weighted by Gasteiger charge is 2.34. The van der Waals surface area contributed by atoms with Crippen molar-refractivity contribution in [2.45, 2.75) is 96.2 Å². The molecule has 1 fully saturated rings. The third kappa shape index (κ3) is 5.68. The standard InChI is InChI=1S/C20H33Cl2NO2Si/c1-5-26(6-2,7-3)25-19(20-17(21)13-23-14-18(20)22)10-8-9-16-12-11-15(4)24-16/h13-16,19H,5-12H2,1-4H3/t15-,16+,19?/m1/s1. The van der Waals surface area contributed by atoms with E-state index in [0.717, 1.165) is 43.0 Å². The van der Waals surface area contributed by atoms with Crippen LogP contribution in [0.25, 0.3) is 0 Å². The lowest BCUT2D eigenvalue weighted by molar-refractivity contribution is 0.0470. The summed E-state index contributed by atoms with van der Waals surface area (Å²) >= 11 is 12.9. The number of hydrogen-bond donors (Lipinski definition) is 0. The summed E-state index contributed by atoms with van der Waals surface area (Å²) in [5.74, 6) is 0. The molecule has 3 nitrogen and oxygen atoms in total. The highest BCUT2D eigenvalue weighted by molar-refractivity contribution is 6.73. The smallest absolute Gasteiger partial charge is 0.192 e. The van der Waals surface area contributed by atoms with Crippen LogP contribution in [0.4, 0.5) is 0 Å². The Bertz CT molecular complexity index is 540. The molecule has 2 heterocycles. The minimum Gasteiger partial charge on any atom is -0.410 e. The maximum atomic E-state index is 6.82. The first kappa shape index (κ1) is 22.2. The van der Waals surface area contributed by atoms with Crippen molar-refractivity contribution in [3.8, 4) is 0 Å². The zero-order valence-electron chi connectivity index (χ0n) is 16.6. The minimum atomic E-state index is -1.77. The molecule has 3 atom stereocenters. The summed E-state index contributed by atoms with van der Waals surface area (Å²) in [5, 5.41) is 1.22. The van der Waals surface area contributed by atoms with Gasteiger partial charge in [0, 0.05) is 18.0 Å². The molecule has 2 rings (SSSR count). The summed E-state index contributed by atoms with van der Waals surface area (Å²) in [5.41, 5.74) is 0.913. The summed E-state index contributed by atoms with van der Waals surface area (Å²) in [6.07, 6.45) is 9.47. The van der Waals surface area contributed by atoms with Crippen molar-refractivity contribution in [3.63, 3.8) is 0 Å². The van der Waals surface area contributed by atoms with Crippen molar-refractivity contribution in [3.05, 3.63) is 28.0 Å². The Hall–Kier alpha value is -0.133. The molecule has 1 aliphatic rings. The van der Waals surface area contributed by atoms with Gasteiger partial charge in [0.1, 0.15) is 0 Å². The number of rotatable bonds is 10. The molecular weight excluding hydrogens is 385 g/mol. The van der Waals surface area contributed by atoms with Crippen LogP contribution in [0.5, 0.6) is 0 Å². The van der Waals surface area contributed by atoms with Crippen LogP contribution in [0.15, 0.2) is 12.4 Å². The topological polar surface area (TPSA) is 31.4 Å². The molecule has 0 radical (unpaired) electrons. The van der Waals surface area contributed by atoms with E-state index in [1.54, 1.807) is 12.4 Å². The lowest BCUT2D eigenvalue weighted by atomic mass is 10.0. The summed E-state index contributed by atoms with van der Waals surface area (Å²) in [4.78, 5) is 4.11. The van der Waals surface area contributed by atoms with Crippen LogP contribution in [0, 0.1) is 0 Å². The second kappa shape index (κ2) is 10.4. The van der Waals surface area contributed by atoms with E-state index in [-0.39, 0.29) is 6.10 Å². The van der Waals surface area contributed by atoms with Gasteiger partial charge in [-0.25, -0.2) is 0 Å². The van der Waals surface area contributed by atoms with Crippen molar-refractivity contribution in [2.75, 3.05) is 0 Å². The average molecular weight is 418 g/mol. The molecule has 0 amide bonds. The Morgan fingerprint density at radius 1 is 1.15 bits per heavy atom. The van der Waals surface area contributed by atoms with Crippen LogP contribution < -0.4 is 0 Å². The average Bonchev–Trinajstić information content (AvgIpc) is 3.04. The van der Waals surface area contributed by atoms with Gasteiger partial charge in [-0.2, -0.15) is 0 Å². The monoisotopic (exact) mass is 417 g/mol. The molecule has 0 spiro atoms. The van der Waals surface area contributed by atoms with Crippen LogP contribution in [0.2, 0.25) is 28.2 Å². The van der Waals surface area contributed by atoms with Crippen LogP contribution in [-0.2, 0) is 9.16 Å². The fourth-order valence-electron chi connectivity index (χ4n) is 3.92. The van der Waals surface area contributed by atoms with Crippen LogP contribution >= 0.6 is 23.2 Å². The summed E-state index contributed by atoms with van der Waals surface area (Å²) < 4.78 is 12.8. The molecule has 0 aromatic carbocycles. The zero-order valence-corrected chi connectivity index (χ0v) is 19.1. The highest BCUT2D eigenvalue weighted by Crippen LogP contribution is 2.39. The Labute approximate surface area is 169 Å². The van der Waals surface area contributed by atoms with Crippen molar-refractivity contribution in [1.82, 2.24) is 4.98 Å². The van der Waals surface area contributed by atoms with E-state index < -0.39 is 8.32 Å². The Morgan fingerprint density at radius 3 is 2.27 bits per heavy atom. The van der Waals surface area contributed by atoms with Gasteiger partial charge < -0.3 is 9.16 Å². The SMILES string of the molecule is CC[Si](CC)(CC)OC(CCC[C@H]1CC[C@@H](C)O1)c1c(Cl)cncc1Cl. The summed E-state index contributed by atoms with van der Waals surface area (Å²) in [7, 11) is -1.77. The predicted molar refractivity (Wildman–Crippen MR) is 113 cm³/mol. The zero-order chi connectivity index (χ0) is 19.2. The normalized spacial score (nSPS) is 21.9. The Morgan fingerprint density at radius 2 is 1.77 bits per heavy atom. The number of nitrogens with zero attached hydrogens (tertiary/aromatic N) is 1. The fraction of sp³-hybridized carbons (Fsp3) is 0.750. The van der Waals surface area contributed by atoms with Gasteiger partial charge in [0.15, 0.2) is 8.32 Å². The van der Waals surface area contributed by atoms with Gasteiger partial charge in [-0.05, 0) is 57.2 Å². The minimum absolute atomic E-state index is 0.0525. The lowest BCUT2D eigenvalue weighted by Crippen LogP contribution is -2.37. The molecule has 6 heteroatoms. The van der Waals surface area contributed by atoms with Crippen LogP contribution in [0.1, 0.15) is 71.5 Å². The largest absolute Gasteiger partial charge is 0.410 e. The molecule has 1 aliphatic heterocycles. The molecule has 1 unspecified atom stereocenters. The summed E-state index contributed by atoms with van der Waals surface area (Å²) in [6.45, 7) is 8.91. The molecule has 1 aromatic heterocycles. The number of aromatic nitrogens is 1. The van der Waals surface area contributed by atoms with Gasteiger partial charge in [0.2, 0.25) is 0 Å². The third-order valence-corrected chi connectivity index (χ3v) is 11.1. The van der Waals surface area contributed by atoms with E-state index in [4.69, 9.17) is 32.4 Å². The molecular formula is C20H33Cl2NO2Si. The highest BCUT2D eigenvalue weighted by atomic mass is 35.5. The van der Waals surface area contributed by atoms with E-state index in [9.17, 15) is 0 Å². The fourth-order valence-corrected chi connectivity index (χ4v) is 7.37. The second-order valence-electron chi connectivity index (χ2n) is 7.44. The van der Waals surface area contributed by atoms with Gasteiger partial charge >= 0.3 is 0 Å². The number of halogens is 2. The van der Waals surface area contributed by atoms with Crippen molar-refractivity contribution in [2.24, 2.45) is 0 Å². The summed E-state index contributed by atoms with van der Waals surface area (Å²) in [6, 6.07) is 3.33. The van der Waals surface area contributed by atoms with E-state index in [1.165, 1.54) is 12.8 Å². The maximum Gasteiger partial charge on any atom is 0.192 e. The Kier molecular flexibility index (Phi) is 8.88. The number of hydrogen-bond acceptors (Lipinski definition) is 3. The molecule has 148 valence electrons. The van der Waals surface area contributed by atoms with E-state index >= 15 is 0 Å². The predicted octanol–water partition coefficient (Wildman–Crippen LogP) is 7.19. The van der Waals surface area contributed by atoms with E-state index in [2.05, 4.69) is 32.7 Å². The first-order valence-electron chi connectivity index (χ1n) is 10.1. The first-order chi connectivity index (χ1) is 12.4. The van der Waals surface area contributed by atoms with Crippen molar-refractivity contribution < 1.29 is 9.16 Å². The van der Waals surface area contributed by atoms with E-state index in [0.29, 0.717) is 22.3 Å². The third-order valence-electron chi connectivity index (χ3n) is 5.85. The van der Waals surface area contributed by atoms with Gasteiger partial charge in [-0.1, -0.05) is 44.0 Å². The lowest BCUT2D eigenvalue weighted by Gasteiger charge is -2.34. The maximum absolute atomic E-state index is 6.82.